The van der Waals surface area contributed by atoms with Gasteiger partial charge in [-0.25, -0.2) is 12.8 Å². The summed E-state index contributed by atoms with van der Waals surface area (Å²) in [6.45, 7) is 0.436. The second kappa shape index (κ2) is 10.7. The number of methoxy groups -OCH3 is 2. The monoisotopic (exact) mass is 472 g/mol. The molecule has 0 saturated heterocycles. The third kappa shape index (κ3) is 6.03. The van der Waals surface area contributed by atoms with E-state index in [0.717, 1.165) is 28.9 Å². The number of hydrogen-bond donors (Lipinski definition) is 0. The molecule has 0 N–H and O–H groups in total. The van der Waals surface area contributed by atoms with Gasteiger partial charge in [0.15, 0.2) is 11.5 Å². The zero-order valence-corrected chi connectivity index (χ0v) is 20.1. The van der Waals surface area contributed by atoms with Crippen LogP contribution in [0, 0.1) is 5.82 Å². The highest BCUT2D eigenvalue weighted by atomic mass is 32.2. The Morgan fingerprint density at radius 1 is 0.818 bits per heavy atom. The van der Waals surface area contributed by atoms with Gasteiger partial charge < -0.3 is 14.4 Å². The molecule has 0 heterocycles. The van der Waals surface area contributed by atoms with Crippen LogP contribution in [0.5, 0.6) is 11.5 Å². The van der Waals surface area contributed by atoms with E-state index < -0.39 is 15.8 Å². The number of sulfonamides is 1. The summed E-state index contributed by atoms with van der Waals surface area (Å²) in [5.41, 5.74) is 2.80. The molecule has 0 unspecified atom stereocenters. The first-order valence-corrected chi connectivity index (χ1v) is 11.9. The van der Waals surface area contributed by atoms with Crippen molar-refractivity contribution in [3.63, 3.8) is 0 Å². The van der Waals surface area contributed by atoms with Crippen molar-refractivity contribution in [2.24, 2.45) is 0 Å². The molecule has 8 heteroatoms. The maximum Gasteiger partial charge on any atom is 0.243 e. The van der Waals surface area contributed by atoms with E-state index in [9.17, 15) is 12.8 Å². The van der Waals surface area contributed by atoms with Gasteiger partial charge in [-0.3, -0.25) is 0 Å². The molecular formula is C25H29FN2O4S. The van der Waals surface area contributed by atoms with E-state index in [1.807, 2.05) is 55.4 Å². The Labute approximate surface area is 195 Å². The summed E-state index contributed by atoms with van der Waals surface area (Å²) in [7, 11) is 3.18. The van der Waals surface area contributed by atoms with Crippen molar-refractivity contribution in [2.75, 3.05) is 39.8 Å². The lowest BCUT2D eigenvalue weighted by Crippen LogP contribution is -2.32. The van der Waals surface area contributed by atoms with E-state index in [1.165, 1.54) is 16.4 Å². The van der Waals surface area contributed by atoms with Crippen LogP contribution in [-0.2, 0) is 23.0 Å². The average Bonchev–Trinajstić information content (AvgIpc) is 2.82. The van der Waals surface area contributed by atoms with Crippen LogP contribution in [0.4, 0.5) is 10.1 Å². The predicted molar refractivity (Wildman–Crippen MR) is 128 cm³/mol. The van der Waals surface area contributed by atoms with Gasteiger partial charge in [0.25, 0.3) is 0 Å². The Kier molecular flexibility index (Phi) is 7.94. The lowest BCUT2D eigenvalue weighted by molar-refractivity contribution is 0.354. The predicted octanol–water partition coefficient (Wildman–Crippen LogP) is 4.34. The molecule has 0 fully saturated rings. The topological polar surface area (TPSA) is 59.1 Å². The van der Waals surface area contributed by atoms with Crippen LogP contribution in [0.3, 0.4) is 0 Å². The number of nitrogens with zero attached hydrogens (tertiary/aromatic N) is 2. The number of halogens is 1. The normalized spacial score (nSPS) is 11.5. The summed E-state index contributed by atoms with van der Waals surface area (Å²) in [4.78, 5) is 2.04. The Hall–Kier alpha value is -3.10. The van der Waals surface area contributed by atoms with E-state index in [4.69, 9.17) is 9.47 Å². The molecule has 0 aliphatic heterocycles. The van der Waals surface area contributed by atoms with E-state index in [-0.39, 0.29) is 18.0 Å². The Morgan fingerprint density at radius 3 is 2.00 bits per heavy atom. The fourth-order valence-electron chi connectivity index (χ4n) is 3.43. The van der Waals surface area contributed by atoms with Crippen molar-refractivity contribution < 1.29 is 22.3 Å². The average molecular weight is 473 g/mol. The van der Waals surface area contributed by atoms with Crippen molar-refractivity contribution in [1.29, 1.82) is 0 Å². The molecule has 6 nitrogen and oxygen atoms in total. The van der Waals surface area contributed by atoms with Crippen molar-refractivity contribution in [3.05, 3.63) is 83.7 Å². The molecule has 0 aliphatic carbocycles. The standard InChI is InChI=1S/C25H29FN2O4S/c1-27(2)22-10-5-20(6-11-22)18-28(33(29,30)23-12-8-21(26)9-13-23)16-15-19-7-14-24(31-3)25(17-19)32-4/h5-14,17H,15-16,18H2,1-4H3. The van der Waals surface area contributed by atoms with Crippen molar-refractivity contribution in [1.82, 2.24) is 4.31 Å². The third-order valence-corrected chi connectivity index (χ3v) is 7.22. The van der Waals surface area contributed by atoms with Gasteiger partial charge in [0.2, 0.25) is 10.0 Å². The molecule has 0 aliphatic rings. The Morgan fingerprint density at radius 2 is 1.42 bits per heavy atom. The number of anilines is 1. The molecule has 0 spiro atoms. The highest BCUT2D eigenvalue weighted by Gasteiger charge is 2.25. The van der Waals surface area contributed by atoms with Crippen LogP contribution in [0.2, 0.25) is 0 Å². The van der Waals surface area contributed by atoms with E-state index in [0.29, 0.717) is 17.9 Å². The van der Waals surface area contributed by atoms with Gasteiger partial charge in [-0.2, -0.15) is 4.31 Å². The number of ether oxygens (including phenoxy) is 2. The van der Waals surface area contributed by atoms with E-state index in [2.05, 4.69) is 0 Å². The highest BCUT2D eigenvalue weighted by molar-refractivity contribution is 7.89. The molecule has 0 radical (unpaired) electrons. The van der Waals surface area contributed by atoms with Crippen LogP contribution < -0.4 is 14.4 Å². The Bertz CT molecular complexity index is 1160. The molecule has 3 aromatic carbocycles. The highest BCUT2D eigenvalue weighted by Crippen LogP contribution is 2.28. The molecule has 33 heavy (non-hydrogen) atoms. The molecule has 3 aromatic rings. The molecule has 0 bridgehead atoms. The zero-order valence-electron chi connectivity index (χ0n) is 19.3. The lowest BCUT2D eigenvalue weighted by Gasteiger charge is -2.23. The molecule has 0 amide bonds. The van der Waals surface area contributed by atoms with E-state index in [1.54, 1.807) is 20.3 Å². The largest absolute Gasteiger partial charge is 0.493 e. The van der Waals surface area contributed by atoms with Gasteiger partial charge in [-0.05, 0) is 66.1 Å². The summed E-state index contributed by atoms with van der Waals surface area (Å²) in [5, 5.41) is 0. The molecule has 0 aromatic heterocycles. The molecular weight excluding hydrogens is 443 g/mol. The minimum atomic E-state index is -3.84. The minimum absolute atomic E-state index is 0.0566. The van der Waals surface area contributed by atoms with Gasteiger partial charge in [0.05, 0.1) is 19.1 Å². The molecule has 0 atom stereocenters. The summed E-state index contributed by atoms with van der Waals surface area (Å²) in [5.74, 6) is 0.713. The van der Waals surface area contributed by atoms with Crippen LogP contribution in [0.25, 0.3) is 0 Å². The van der Waals surface area contributed by atoms with Crippen LogP contribution in [-0.4, -0.2) is 47.6 Å². The quantitative estimate of drug-likeness (QED) is 0.439. The first kappa shape index (κ1) is 24.5. The molecule has 176 valence electrons. The number of rotatable bonds is 10. The number of benzene rings is 3. The second-order valence-corrected chi connectivity index (χ2v) is 9.73. The zero-order chi connectivity index (χ0) is 24.0. The Balaban J connectivity index is 1.88. The summed E-state index contributed by atoms with van der Waals surface area (Å²) < 4.78 is 52.3. The van der Waals surface area contributed by atoms with Crippen molar-refractivity contribution >= 4 is 15.7 Å². The van der Waals surface area contributed by atoms with Crippen LogP contribution in [0.15, 0.2) is 71.6 Å². The minimum Gasteiger partial charge on any atom is -0.493 e. The van der Waals surface area contributed by atoms with Gasteiger partial charge in [-0.1, -0.05) is 18.2 Å². The SMILES string of the molecule is COc1ccc(CCN(Cc2ccc(N(C)C)cc2)S(=O)(=O)c2ccc(F)cc2)cc1OC. The van der Waals surface area contributed by atoms with Crippen LogP contribution >= 0.6 is 0 Å². The fraction of sp³-hybridized carbons (Fsp3) is 0.280. The summed E-state index contributed by atoms with van der Waals surface area (Å²) in [6.07, 6.45) is 0.469. The van der Waals surface area contributed by atoms with Crippen LogP contribution in [0.1, 0.15) is 11.1 Å². The molecule has 3 rings (SSSR count). The number of hydrogen-bond acceptors (Lipinski definition) is 5. The fourth-order valence-corrected chi connectivity index (χ4v) is 4.86. The smallest absolute Gasteiger partial charge is 0.243 e. The third-order valence-electron chi connectivity index (χ3n) is 5.36. The van der Waals surface area contributed by atoms with Gasteiger partial charge in [0, 0.05) is 32.9 Å². The summed E-state index contributed by atoms with van der Waals surface area (Å²) in [6, 6.07) is 18.2. The molecule has 0 saturated carbocycles. The van der Waals surface area contributed by atoms with E-state index >= 15 is 0 Å². The van der Waals surface area contributed by atoms with Crippen molar-refractivity contribution in [2.45, 2.75) is 17.9 Å². The van der Waals surface area contributed by atoms with Gasteiger partial charge in [-0.15, -0.1) is 0 Å². The maximum atomic E-state index is 13.4. The van der Waals surface area contributed by atoms with Gasteiger partial charge >= 0.3 is 0 Å². The lowest BCUT2D eigenvalue weighted by atomic mass is 10.1. The van der Waals surface area contributed by atoms with Gasteiger partial charge in [0.1, 0.15) is 5.82 Å². The second-order valence-electron chi connectivity index (χ2n) is 7.79. The maximum absolute atomic E-state index is 13.4. The first-order chi connectivity index (χ1) is 15.7. The summed E-state index contributed by atoms with van der Waals surface area (Å²) >= 11 is 0. The van der Waals surface area contributed by atoms with Crippen molar-refractivity contribution in [3.8, 4) is 11.5 Å². The first-order valence-electron chi connectivity index (χ1n) is 10.5.